The van der Waals surface area contributed by atoms with Crippen LogP contribution in [0.3, 0.4) is 0 Å². The van der Waals surface area contributed by atoms with Gasteiger partial charge in [-0.15, -0.1) is 0 Å². The summed E-state index contributed by atoms with van der Waals surface area (Å²) in [6.45, 7) is 8.17. The second-order valence-corrected chi connectivity index (χ2v) is 5.66. The van der Waals surface area contributed by atoms with Crippen LogP contribution in [0.4, 0.5) is 0 Å². The summed E-state index contributed by atoms with van der Waals surface area (Å²) < 4.78 is 0. The van der Waals surface area contributed by atoms with Crippen LogP contribution in [0, 0.1) is 0 Å². The number of rotatable bonds is 2. The van der Waals surface area contributed by atoms with E-state index >= 15 is 0 Å². The molecule has 2 atom stereocenters. The maximum Gasteiger partial charge on any atom is 0.217 e. The highest BCUT2D eigenvalue weighted by Gasteiger charge is 2.25. The zero-order chi connectivity index (χ0) is 11.5. The van der Waals surface area contributed by atoms with Crippen molar-refractivity contribution in [2.75, 3.05) is 0 Å². The van der Waals surface area contributed by atoms with Gasteiger partial charge in [0.2, 0.25) is 5.91 Å². The summed E-state index contributed by atoms with van der Waals surface area (Å²) in [6, 6.07) is 0.923. The highest BCUT2D eigenvalue weighted by molar-refractivity contribution is 5.73. The van der Waals surface area contributed by atoms with Crippen LogP contribution < -0.4 is 10.6 Å². The Morgan fingerprint density at radius 3 is 2.33 bits per heavy atom. The van der Waals surface area contributed by atoms with Crippen LogP contribution >= 0.6 is 0 Å². The third-order valence-electron chi connectivity index (χ3n) is 2.72. The van der Waals surface area contributed by atoms with Crippen molar-refractivity contribution in [3.8, 4) is 0 Å². The molecule has 1 rings (SSSR count). The van der Waals surface area contributed by atoms with Gasteiger partial charge in [0.25, 0.3) is 0 Å². The smallest absolute Gasteiger partial charge is 0.217 e. The summed E-state index contributed by atoms with van der Waals surface area (Å²) in [5.41, 5.74) is 0.169. The van der Waals surface area contributed by atoms with Crippen molar-refractivity contribution in [1.29, 1.82) is 0 Å². The van der Waals surface area contributed by atoms with Crippen LogP contribution in [0.15, 0.2) is 0 Å². The van der Waals surface area contributed by atoms with Crippen molar-refractivity contribution in [2.45, 2.75) is 71.0 Å². The summed E-state index contributed by atoms with van der Waals surface area (Å²) in [6.07, 6.45) is 4.63. The molecular weight excluding hydrogens is 188 g/mol. The molecule has 0 saturated heterocycles. The second-order valence-electron chi connectivity index (χ2n) is 5.66. The van der Waals surface area contributed by atoms with Crippen LogP contribution in [-0.4, -0.2) is 23.5 Å². The number of hydrogen-bond donors (Lipinski definition) is 2. The molecule has 1 aliphatic rings. The summed E-state index contributed by atoms with van der Waals surface area (Å²) in [4.78, 5) is 11.0. The van der Waals surface area contributed by atoms with Crippen molar-refractivity contribution in [1.82, 2.24) is 10.6 Å². The average Bonchev–Trinajstić information content (AvgIpc) is 1.99. The Balaban J connectivity index is 2.38. The predicted molar refractivity (Wildman–Crippen MR) is 62.7 cm³/mol. The second kappa shape index (κ2) is 4.97. The van der Waals surface area contributed by atoms with E-state index in [-0.39, 0.29) is 11.4 Å². The average molecular weight is 212 g/mol. The van der Waals surface area contributed by atoms with Gasteiger partial charge in [0.1, 0.15) is 0 Å². The minimum Gasteiger partial charge on any atom is -0.354 e. The van der Waals surface area contributed by atoms with Gasteiger partial charge in [0.15, 0.2) is 0 Å². The molecule has 0 aliphatic heterocycles. The van der Waals surface area contributed by atoms with Gasteiger partial charge in [0, 0.05) is 24.5 Å². The number of hydrogen-bond acceptors (Lipinski definition) is 2. The number of nitrogens with one attached hydrogen (secondary N) is 2. The van der Waals surface area contributed by atoms with Gasteiger partial charge in [0.05, 0.1) is 0 Å². The molecule has 3 heteroatoms. The normalized spacial score (nSPS) is 27.5. The van der Waals surface area contributed by atoms with E-state index in [9.17, 15) is 4.79 Å². The van der Waals surface area contributed by atoms with E-state index in [2.05, 4.69) is 31.4 Å². The molecule has 2 unspecified atom stereocenters. The van der Waals surface area contributed by atoms with Crippen LogP contribution in [-0.2, 0) is 4.79 Å². The van der Waals surface area contributed by atoms with Gasteiger partial charge in [-0.05, 0) is 46.5 Å². The Labute approximate surface area is 93.0 Å². The topological polar surface area (TPSA) is 41.1 Å². The summed E-state index contributed by atoms with van der Waals surface area (Å²) in [7, 11) is 0. The van der Waals surface area contributed by atoms with Gasteiger partial charge in [-0.2, -0.15) is 0 Å². The largest absolute Gasteiger partial charge is 0.354 e. The molecule has 0 spiro atoms. The van der Waals surface area contributed by atoms with Gasteiger partial charge < -0.3 is 10.6 Å². The first-order chi connectivity index (χ1) is 6.87. The van der Waals surface area contributed by atoms with Crippen molar-refractivity contribution in [2.24, 2.45) is 0 Å². The number of amides is 1. The molecule has 1 saturated carbocycles. The first kappa shape index (κ1) is 12.5. The Bertz CT molecular complexity index is 220. The molecule has 1 fully saturated rings. The summed E-state index contributed by atoms with van der Waals surface area (Å²) in [5.74, 6) is 0.0939. The molecule has 0 radical (unpaired) electrons. The lowest BCUT2D eigenvalue weighted by Gasteiger charge is -2.35. The molecule has 88 valence electrons. The van der Waals surface area contributed by atoms with Crippen molar-refractivity contribution < 1.29 is 4.79 Å². The lowest BCUT2D eigenvalue weighted by atomic mass is 9.89. The molecule has 0 aromatic carbocycles. The van der Waals surface area contributed by atoms with Crippen LogP contribution in [0.25, 0.3) is 0 Å². The molecule has 0 aromatic rings. The fraction of sp³-hybridized carbons (Fsp3) is 0.917. The molecule has 0 heterocycles. The maximum atomic E-state index is 11.0. The maximum absolute atomic E-state index is 11.0. The first-order valence-corrected chi connectivity index (χ1v) is 5.91. The molecule has 2 N–H and O–H groups in total. The Hall–Kier alpha value is -0.570. The molecule has 0 aromatic heterocycles. The monoisotopic (exact) mass is 212 g/mol. The molecule has 1 aliphatic carbocycles. The van der Waals surface area contributed by atoms with Gasteiger partial charge in [-0.1, -0.05) is 0 Å². The van der Waals surface area contributed by atoms with Gasteiger partial charge in [-0.25, -0.2) is 0 Å². The Morgan fingerprint density at radius 1 is 1.20 bits per heavy atom. The number of carbonyl (C=O) groups excluding carboxylic acids is 1. The Kier molecular flexibility index (Phi) is 4.14. The van der Waals surface area contributed by atoms with Crippen LogP contribution in [0.5, 0.6) is 0 Å². The minimum absolute atomic E-state index is 0.0939. The van der Waals surface area contributed by atoms with Crippen LogP contribution in [0.2, 0.25) is 0 Å². The van der Waals surface area contributed by atoms with Gasteiger partial charge in [-0.3, -0.25) is 4.79 Å². The summed E-state index contributed by atoms with van der Waals surface area (Å²) in [5, 5.41) is 6.63. The third-order valence-corrected chi connectivity index (χ3v) is 2.72. The Morgan fingerprint density at radius 2 is 1.80 bits per heavy atom. The van der Waals surface area contributed by atoms with E-state index in [4.69, 9.17) is 0 Å². The van der Waals surface area contributed by atoms with E-state index in [0.717, 1.165) is 12.8 Å². The highest BCUT2D eigenvalue weighted by Crippen LogP contribution is 2.20. The first-order valence-electron chi connectivity index (χ1n) is 5.91. The quantitative estimate of drug-likeness (QED) is 0.733. The van der Waals surface area contributed by atoms with Crippen molar-refractivity contribution in [3.05, 3.63) is 0 Å². The summed E-state index contributed by atoms with van der Waals surface area (Å²) >= 11 is 0. The molecule has 1 amide bonds. The molecule has 3 nitrogen and oxygen atoms in total. The fourth-order valence-electron chi connectivity index (χ4n) is 2.35. The molecular formula is C12H24N2O. The van der Waals surface area contributed by atoms with E-state index in [1.54, 1.807) is 6.92 Å². The van der Waals surface area contributed by atoms with Crippen molar-refractivity contribution >= 4 is 5.91 Å². The van der Waals surface area contributed by atoms with E-state index < -0.39 is 0 Å². The van der Waals surface area contributed by atoms with Crippen molar-refractivity contribution in [3.63, 3.8) is 0 Å². The fourth-order valence-corrected chi connectivity index (χ4v) is 2.35. The van der Waals surface area contributed by atoms with E-state index in [1.165, 1.54) is 12.8 Å². The zero-order valence-corrected chi connectivity index (χ0v) is 10.4. The standard InChI is InChI=1S/C12H24N2O/c1-9(15)13-10-6-5-7-11(8-10)14-12(2,3)4/h10-11,14H,5-8H2,1-4H3,(H,13,15). The zero-order valence-electron chi connectivity index (χ0n) is 10.4. The molecule has 0 bridgehead atoms. The lowest BCUT2D eigenvalue weighted by molar-refractivity contribution is -0.119. The number of carbonyl (C=O) groups is 1. The van der Waals surface area contributed by atoms with Gasteiger partial charge >= 0.3 is 0 Å². The predicted octanol–water partition coefficient (Wildman–Crippen LogP) is 1.82. The van der Waals surface area contributed by atoms with Crippen LogP contribution in [0.1, 0.15) is 53.4 Å². The third kappa shape index (κ3) is 5.17. The van der Waals surface area contributed by atoms with E-state index in [1.807, 2.05) is 0 Å². The highest BCUT2D eigenvalue weighted by atomic mass is 16.1. The SMILES string of the molecule is CC(=O)NC1CCCC(NC(C)(C)C)C1. The van der Waals surface area contributed by atoms with E-state index in [0.29, 0.717) is 12.1 Å². The minimum atomic E-state index is 0.0939. The lowest BCUT2D eigenvalue weighted by Crippen LogP contribution is -2.49. The molecule has 15 heavy (non-hydrogen) atoms.